The van der Waals surface area contributed by atoms with Crippen LogP contribution in [0.2, 0.25) is 0 Å². The van der Waals surface area contributed by atoms with Gasteiger partial charge in [-0.15, -0.1) is 0 Å². The van der Waals surface area contributed by atoms with Crippen molar-refractivity contribution in [2.24, 2.45) is 5.41 Å². The van der Waals surface area contributed by atoms with E-state index in [0.717, 1.165) is 12.1 Å². The van der Waals surface area contributed by atoms with E-state index in [9.17, 15) is 13.2 Å². The predicted molar refractivity (Wildman–Crippen MR) is 68.2 cm³/mol. The molecule has 0 heterocycles. The van der Waals surface area contributed by atoms with Gasteiger partial charge in [0.2, 0.25) is 0 Å². The van der Waals surface area contributed by atoms with E-state index in [0.29, 0.717) is 18.5 Å². The molecule has 1 aromatic rings. The molecule has 0 fully saturated rings. The Labute approximate surface area is 111 Å². The van der Waals surface area contributed by atoms with Crippen LogP contribution in [0.1, 0.15) is 38.8 Å². The molecular weight excluding hydrogens is 255 g/mol. The number of hydrogen-bond donors (Lipinski definition) is 2. The van der Waals surface area contributed by atoms with E-state index in [2.05, 4.69) is 5.32 Å². The summed E-state index contributed by atoms with van der Waals surface area (Å²) in [5.41, 5.74) is 0.233. The molecule has 0 saturated heterocycles. The summed E-state index contributed by atoms with van der Waals surface area (Å²) >= 11 is 0. The molecule has 1 rings (SSSR count). The zero-order valence-electron chi connectivity index (χ0n) is 11.4. The fraction of sp³-hybridized carbons (Fsp3) is 0.571. The molecule has 0 radical (unpaired) electrons. The lowest BCUT2D eigenvalue weighted by atomic mass is 9.89. The second-order valence-corrected chi connectivity index (χ2v) is 5.54. The largest absolute Gasteiger partial charge is 0.396 e. The smallest absolute Gasteiger partial charge is 0.194 e. The van der Waals surface area contributed by atoms with Crippen molar-refractivity contribution < 1.29 is 18.3 Å². The molecule has 0 aliphatic rings. The lowest BCUT2D eigenvalue weighted by molar-refractivity contribution is 0.203. The summed E-state index contributed by atoms with van der Waals surface area (Å²) in [7, 11) is 0. The van der Waals surface area contributed by atoms with E-state index >= 15 is 0 Å². The second-order valence-electron chi connectivity index (χ2n) is 5.54. The molecule has 0 saturated carbocycles. The first-order chi connectivity index (χ1) is 8.76. The van der Waals surface area contributed by atoms with Crippen molar-refractivity contribution in [3.63, 3.8) is 0 Å². The van der Waals surface area contributed by atoms with Gasteiger partial charge in [0.1, 0.15) is 0 Å². The minimum Gasteiger partial charge on any atom is -0.396 e. The minimum absolute atomic E-state index is 0.0862. The predicted octanol–water partition coefficient (Wildman–Crippen LogP) is 3.16. The van der Waals surface area contributed by atoms with Gasteiger partial charge in [0.05, 0.1) is 0 Å². The Balaban J connectivity index is 2.71. The van der Waals surface area contributed by atoms with Crippen LogP contribution in [0.4, 0.5) is 13.2 Å². The summed E-state index contributed by atoms with van der Waals surface area (Å²) in [6, 6.07) is 1.69. The second kappa shape index (κ2) is 6.39. The number of rotatable bonds is 6. The Morgan fingerprint density at radius 1 is 1.21 bits per heavy atom. The highest BCUT2D eigenvalue weighted by Gasteiger charge is 2.19. The summed E-state index contributed by atoms with van der Waals surface area (Å²) in [6.45, 7) is 6.38. The van der Waals surface area contributed by atoms with Crippen molar-refractivity contribution in [3.05, 3.63) is 35.1 Å². The third-order valence-electron chi connectivity index (χ3n) is 3.18. The summed E-state index contributed by atoms with van der Waals surface area (Å²) in [5.74, 6) is -3.81. The first kappa shape index (κ1) is 16.0. The number of aliphatic hydroxyl groups is 1. The monoisotopic (exact) mass is 275 g/mol. The van der Waals surface area contributed by atoms with Gasteiger partial charge in [0, 0.05) is 19.2 Å². The highest BCUT2D eigenvalue weighted by molar-refractivity contribution is 5.22. The van der Waals surface area contributed by atoms with Gasteiger partial charge in [0.25, 0.3) is 0 Å². The minimum atomic E-state index is -1.45. The van der Waals surface area contributed by atoms with E-state index in [1.165, 1.54) is 0 Å². The Morgan fingerprint density at radius 2 is 1.74 bits per heavy atom. The molecule has 0 spiro atoms. The van der Waals surface area contributed by atoms with E-state index in [-0.39, 0.29) is 18.1 Å². The highest BCUT2D eigenvalue weighted by Crippen LogP contribution is 2.22. The van der Waals surface area contributed by atoms with Gasteiger partial charge in [-0.1, -0.05) is 13.8 Å². The van der Waals surface area contributed by atoms with Crippen molar-refractivity contribution in [2.75, 3.05) is 13.2 Å². The van der Waals surface area contributed by atoms with Crippen molar-refractivity contribution in [3.8, 4) is 0 Å². The maximum absolute atomic E-state index is 13.1. The Hall–Kier alpha value is -1.07. The van der Waals surface area contributed by atoms with Gasteiger partial charge >= 0.3 is 0 Å². The summed E-state index contributed by atoms with van der Waals surface area (Å²) in [4.78, 5) is 0. The zero-order valence-corrected chi connectivity index (χ0v) is 11.4. The number of nitrogens with one attached hydrogen (secondary N) is 1. The van der Waals surface area contributed by atoms with Crippen LogP contribution in [0, 0.1) is 22.9 Å². The van der Waals surface area contributed by atoms with E-state index in [4.69, 9.17) is 5.11 Å². The molecule has 0 aliphatic heterocycles. The molecule has 1 unspecified atom stereocenters. The average Bonchev–Trinajstić information content (AvgIpc) is 2.32. The molecular formula is C14H20F3NO. The third-order valence-corrected chi connectivity index (χ3v) is 3.18. The van der Waals surface area contributed by atoms with Crippen LogP contribution in [0.5, 0.6) is 0 Å². The van der Waals surface area contributed by atoms with Gasteiger partial charge < -0.3 is 10.4 Å². The molecule has 2 nitrogen and oxygen atoms in total. The molecule has 0 aromatic heterocycles. The standard InChI is InChI=1S/C14H20F3NO/c1-9(18-8-14(2,3)4-5-19)10-6-11(15)13(17)12(16)7-10/h6-7,9,18-19H,4-5,8H2,1-3H3. The molecule has 19 heavy (non-hydrogen) atoms. The van der Waals surface area contributed by atoms with Crippen LogP contribution >= 0.6 is 0 Å². The molecule has 2 N–H and O–H groups in total. The molecule has 0 amide bonds. The Morgan fingerprint density at radius 3 is 2.21 bits per heavy atom. The van der Waals surface area contributed by atoms with Crippen molar-refractivity contribution >= 4 is 0 Å². The topological polar surface area (TPSA) is 32.3 Å². The maximum atomic E-state index is 13.1. The summed E-state index contributed by atoms with van der Waals surface area (Å²) < 4.78 is 39.1. The van der Waals surface area contributed by atoms with E-state index in [1.54, 1.807) is 6.92 Å². The maximum Gasteiger partial charge on any atom is 0.194 e. The molecule has 0 bridgehead atoms. The fourth-order valence-corrected chi connectivity index (χ4v) is 1.76. The first-order valence-corrected chi connectivity index (χ1v) is 6.25. The number of aliphatic hydroxyl groups excluding tert-OH is 1. The third kappa shape index (κ3) is 4.51. The first-order valence-electron chi connectivity index (χ1n) is 6.25. The molecule has 0 aliphatic carbocycles. The Bertz CT molecular complexity index is 412. The highest BCUT2D eigenvalue weighted by atomic mass is 19.2. The van der Waals surface area contributed by atoms with E-state index in [1.807, 2.05) is 13.8 Å². The van der Waals surface area contributed by atoms with Crippen LogP contribution in [-0.2, 0) is 0 Å². The van der Waals surface area contributed by atoms with Gasteiger partial charge in [-0.05, 0) is 36.5 Å². The number of hydrogen-bond acceptors (Lipinski definition) is 2. The molecule has 108 valence electrons. The van der Waals surface area contributed by atoms with Gasteiger partial charge in [-0.25, -0.2) is 13.2 Å². The van der Waals surface area contributed by atoms with Crippen molar-refractivity contribution in [2.45, 2.75) is 33.2 Å². The summed E-state index contributed by atoms with van der Waals surface area (Å²) in [6.07, 6.45) is 0.624. The fourth-order valence-electron chi connectivity index (χ4n) is 1.76. The van der Waals surface area contributed by atoms with Crippen LogP contribution < -0.4 is 5.32 Å². The lowest BCUT2D eigenvalue weighted by Gasteiger charge is -2.26. The molecule has 5 heteroatoms. The van der Waals surface area contributed by atoms with Crippen molar-refractivity contribution in [1.82, 2.24) is 5.32 Å². The van der Waals surface area contributed by atoms with Crippen LogP contribution in [0.25, 0.3) is 0 Å². The normalized spacial score (nSPS) is 13.6. The SMILES string of the molecule is CC(NCC(C)(C)CCO)c1cc(F)c(F)c(F)c1. The number of halogens is 3. The quantitative estimate of drug-likeness (QED) is 0.782. The Kier molecular flexibility index (Phi) is 5.38. The van der Waals surface area contributed by atoms with Gasteiger partial charge in [-0.3, -0.25) is 0 Å². The molecule has 1 aromatic carbocycles. The lowest BCUT2D eigenvalue weighted by Crippen LogP contribution is -2.32. The van der Waals surface area contributed by atoms with E-state index < -0.39 is 17.5 Å². The van der Waals surface area contributed by atoms with Crippen LogP contribution in [0.15, 0.2) is 12.1 Å². The van der Waals surface area contributed by atoms with Crippen LogP contribution in [0.3, 0.4) is 0 Å². The summed E-state index contributed by atoms with van der Waals surface area (Å²) in [5, 5.41) is 12.0. The number of benzene rings is 1. The average molecular weight is 275 g/mol. The molecule has 1 atom stereocenters. The zero-order chi connectivity index (χ0) is 14.6. The van der Waals surface area contributed by atoms with Gasteiger partial charge in [0.15, 0.2) is 17.5 Å². The van der Waals surface area contributed by atoms with Crippen LogP contribution in [-0.4, -0.2) is 18.3 Å². The van der Waals surface area contributed by atoms with Crippen molar-refractivity contribution in [1.29, 1.82) is 0 Å². The van der Waals surface area contributed by atoms with Gasteiger partial charge in [-0.2, -0.15) is 0 Å².